The van der Waals surface area contributed by atoms with E-state index in [1.165, 1.54) is 45.2 Å². The van der Waals surface area contributed by atoms with Crippen LogP contribution in [-0.2, 0) is 4.79 Å². The van der Waals surface area contributed by atoms with Gasteiger partial charge in [-0.05, 0) is 56.9 Å². The average molecular weight is 315 g/mol. The average Bonchev–Trinajstić information content (AvgIpc) is 2.47. The van der Waals surface area contributed by atoms with Gasteiger partial charge in [0.2, 0.25) is 0 Å². The van der Waals surface area contributed by atoms with E-state index in [4.69, 9.17) is 0 Å². The number of hydrogen-bond acceptors (Lipinski definition) is 3. The lowest BCUT2D eigenvalue weighted by Crippen LogP contribution is -2.66. The highest BCUT2D eigenvalue weighted by atomic mass is 35.5. The molecule has 4 aliphatic heterocycles. The molecule has 4 fully saturated rings. The number of rotatable bonds is 1. The van der Waals surface area contributed by atoms with Gasteiger partial charge in [0, 0.05) is 25.2 Å². The standard InChI is InChI=1S/C16H26N2O2.ClH/c19-16(20)15-6-3-5-14-11-8-12(10-18(14)15)13-4-1-2-7-17(13)9-11;/h11-15H,1-10H2,(H,19,20);1H/t11?,12?,13-,14+,15?;/m0./s1. The first-order valence-electron chi connectivity index (χ1n) is 8.46. The number of carbonyl (C=O) groups is 1. The van der Waals surface area contributed by atoms with Crippen molar-refractivity contribution in [3.63, 3.8) is 0 Å². The van der Waals surface area contributed by atoms with Crippen LogP contribution in [0.4, 0.5) is 0 Å². The molecular weight excluding hydrogens is 288 g/mol. The summed E-state index contributed by atoms with van der Waals surface area (Å²) in [6.07, 6.45) is 8.61. The van der Waals surface area contributed by atoms with Crippen LogP contribution < -0.4 is 0 Å². The highest BCUT2D eigenvalue weighted by molar-refractivity contribution is 5.85. The molecule has 0 spiro atoms. The van der Waals surface area contributed by atoms with Gasteiger partial charge in [-0.25, -0.2) is 0 Å². The molecule has 4 nitrogen and oxygen atoms in total. The van der Waals surface area contributed by atoms with Crippen LogP contribution >= 0.6 is 12.4 Å². The highest BCUT2D eigenvalue weighted by Gasteiger charge is 2.49. The zero-order valence-electron chi connectivity index (χ0n) is 12.6. The van der Waals surface area contributed by atoms with Gasteiger partial charge in [0.1, 0.15) is 6.04 Å². The topological polar surface area (TPSA) is 43.8 Å². The minimum absolute atomic E-state index is 0. The molecule has 0 aromatic heterocycles. The Kier molecular flexibility index (Phi) is 4.49. The molecule has 4 rings (SSSR count). The molecule has 0 amide bonds. The molecule has 0 aliphatic carbocycles. The molecule has 4 aliphatic rings. The fraction of sp³-hybridized carbons (Fsp3) is 0.938. The Balaban J connectivity index is 0.00000132. The van der Waals surface area contributed by atoms with Crippen LogP contribution in [0.2, 0.25) is 0 Å². The van der Waals surface area contributed by atoms with Gasteiger partial charge in [-0.3, -0.25) is 14.6 Å². The molecule has 0 saturated carbocycles. The van der Waals surface area contributed by atoms with Gasteiger partial charge >= 0.3 is 5.97 Å². The second-order valence-corrected chi connectivity index (χ2v) is 7.36. The maximum Gasteiger partial charge on any atom is 0.320 e. The minimum Gasteiger partial charge on any atom is -0.480 e. The predicted molar refractivity (Wildman–Crippen MR) is 83.8 cm³/mol. The second kappa shape index (κ2) is 6.05. The summed E-state index contributed by atoms with van der Waals surface area (Å²) >= 11 is 0. The van der Waals surface area contributed by atoms with Gasteiger partial charge in [-0.2, -0.15) is 0 Å². The van der Waals surface area contributed by atoms with Crippen LogP contribution in [-0.4, -0.2) is 58.6 Å². The summed E-state index contributed by atoms with van der Waals surface area (Å²) in [5.41, 5.74) is 0. The lowest BCUT2D eigenvalue weighted by atomic mass is 9.70. The van der Waals surface area contributed by atoms with Crippen LogP contribution in [0.25, 0.3) is 0 Å². The van der Waals surface area contributed by atoms with E-state index in [1.54, 1.807) is 0 Å². The molecule has 21 heavy (non-hydrogen) atoms. The van der Waals surface area contributed by atoms with Crippen molar-refractivity contribution in [1.82, 2.24) is 9.80 Å². The van der Waals surface area contributed by atoms with Crippen LogP contribution in [0.3, 0.4) is 0 Å². The molecule has 0 aromatic rings. The number of nitrogens with zero attached hydrogens (tertiary/aromatic N) is 2. The number of hydrogen-bond donors (Lipinski definition) is 1. The van der Waals surface area contributed by atoms with Crippen molar-refractivity contribution in [2.45, 2.75) is 63.1 Å². The molecule has 1 N–H and O–H groups in total. The molecule has 4 heterocycles. The minimum atomic E-state index is -0.588. The van der Waals surface area contributed by atoms with E-state index >= 15 is 0 Å². The predicted octanol–water partition coefficient (Wildman–Crippen LogP) is 2.22. The molecule has 4 saturated heterocycles. The lowest BCUT2D eigenvalue weighted by molar-refractivity contribution is -0.153. The Labute approximate surface area is 133 Å². The van der Waals surface area contributed by atoms with E-state index < -0.39 is 5.97 Å². The van der Waals surface area contributed by atoms with E-state index in [0.29, 0.717) is 6.04 Å². The SMILES string of the molecule is Cl.O=C(O)C1CCC[C@@H]2C3CC(CN12)[C@@H]1CCCCN1C3. The third-order valence-corrected chi connectivity index (χ3v) is 6.36. The van der Waals surface area contributed by atoms with Gasteiger partial charge in [0.25, 0.3) is 0 Å². The molecule has 5 atom stereocenters. The Morgan fingerprint density at radius 1 is 0.952 bits per heavy atom. The van der Waals surface area contributed by atoms with Crippen LogP contribution in [0.15, 0.2) is 0 Å². The van der Waals surface area contributed by atoms with E-state index in [1.807, 2.05) is 0 Å². The number of piperidine rings is 4. The zero-order valence-corrected chi connectivity index (χ0v) is 13.4. The number of carboxylic acid groups (broad SMARTS) is 1. The summed E-state index contributed by atoms with van der Waals surface area (Å²) in [5, 5.41) is 9.52. The molecule has 5 heteroatoms. The maximum atomic E-state index is 11.6. The Morgan fingerprint density at radius 2 is 1.71 bits per heavy atom. The first-order valence-corrected chi connectivity index (χ1v) is 8.46. The monoisotopic (exact) mass is 314 g/mol. The second-order valence-electron chi connectivity index (χ2n) is 7.36. The first-order chi connectivity index (χ1) is 9.74. The maximum absolute atomic E-state index is 11.6. The van der Waals surface area contributed by atoms with E-state index in [-0.39, 0.29) is 18.4 Å². The Morgan fingerprint density at radius 3 is 2.52 bits per heavy atom. The van der Waals surface area contributed by atoms with Crippen LogP contribution in [0.5, 0.6) is 0 Å². The smallest absolute Gasteiger partial charge is 0.320 e. The fourth-order valence-electron chi connectivity index (χ4n) is 5.56. The summed E-state index contributed by atoms with van der Waals surface area (Å²) in [7, 11) is 0. The zero-order chi connectivity index (χ0) is 13.7. The highest BCUT2D eigenvalue weighted by Crippen LogP contribution is 2.44. The number of carboxylic acids is 1. The van der Waals surface area contributed by atoms with E-state index in [0.717, 1.165) is 37.3 Å². The summed E-state index contributed by atoms with van der Waals surface area (Å²) in [4.78, 5) is 16.7. The third-order valence-electron chi connectivity index (χ3n) is 6.36. The van der Waals surface area contributed by atoms with Crippen molar-refractivity contribution in [2.24, 2.45) is 11.8 Å². The molecule has 2 bridgehead atoms. The summed E-state index contributed by atoms with van der Waals surface area (Å²) in [6.45, 7) is 3.56. The largest absolute Gasteiger partial charge is 0.480 e. The van der Waals surface area contributed by atoms with Crippen molar-refractivity contribution in [1.29, 1.82) is 0 Å². The molecule has 0 aromatic carbocycles. The van der Waals surface area contributed by atoms with Crippen molar-refractivity contribution >= 4 is 18.4 Å². The van der Waals surface area contributed by atoms with Crippen LogP contribution in [0.1, 0.15) is 44.9 Å². The summed E-state index contributed by atoms with van der Waals surface area (Å²) in [6, 6.07) is 1.09. The molecule has 3 unspecified atom stereocenters. The van der Waals surface area contributed by atoms with E-state index in [9.17, 15) is 9.90 Å². The van der Waals surface area contributed by atoms with Gasteiger partial charge in [-0.15, -0.1) is 12.4 Å². The Hall–Kier alpha value is -0.320. The van der Waals surface area contributed by atoms with Gasteiger partial charge in [-0.1, -0.05) is 6.42 Å². The quantitative estimate of drug-likeness (QED) is 0.806. The van der Waals surface area contributed by atoms with Crippen molar-refractivity contribution in [3.8, 4) is 0 Å². The first kappa shape index (κ1) is 15.6. The van der Waals surface area contributed by atoms with Crippen LogP contribution in [0, 0.1) is 11.8 Å². The molecule has 0 radical (unpaired) electrons. The summed E-state index contributed by atoms with van der Waals surface area (Å²) in [5.74, 6) is 0.866. The molecular formula is C16H27ClN2O2. The molecule has 120 valence electrons. The van der Waals surface area contributed by atoms with Crippen molar-refractivity contribution < 1.29 is 9.90 Å². The van der Waals surface area contributed by atoms with E-state index in [2.05, 4.69) is 9.80 Å². The number of aliphatic carboxylic acids is 1. The number of halogens is 1. The van der Waals surface area contributed by atoms with Gasteiger partial charge in [0.15, 0.2) is 0 Å². The van der Waals surface area contributed by atoms with Crippen molar-refractivity contribution in [3.05, 3.63) is 0 Å². The fourth-order valence-corrected chi connectivity index (χ4v) is 5.56. The van der Waals surface area contributed by atoms with Gasteiger partial charge < -0.3 is 5.11 Å². The van der Waals surface area contributed by atoms with Gasteiger partial charge in [0.05, 0.1) is 0 Å². The third kappa shape index (κ3) is 2.60. The summed E-state index contributed by atoms with van der Waals surface area (Å²) < 4.78 is 0. The lowest BCUT2D eigenvalue weighted by Gasteiger charge is -2.58. The van der Waals surface area contributed by atoms with Crippen molar-refractivity contribution in [2.75, 3.05) is 19.6 Å². The number of fused-ring (bicyclic) bond motifs is 6. The Bertz CT molecular complexity index is 406. The normalized spacial score (nSPS) is 43.3.